The summed E-state index contributed by atoms with van der Waals surface area (Å²) in [7, 11) is 0. The van der Waals surface area contributed by atoms with E-state index in [1.165, 1.54) is 12.5 Å². The van der Waals surface area contributed by atoms with Crippen molar-refractivity contribution in [2.45, 2.75) is 32.7 Å². The molecule has 5 nitrogen and oxygen atoms in total. The van der Waals surface area contributed by atoms with Gasteiger partial charge in [-0.15, -0.1) is 10.2 Å². The number of aromatic hydroxyl groups is 1. The van der Waals surface area contributed by atoms with E-state index in [0.717, 1.165) is 22.4 Å². The summed E-state index contributed by atoms with van der Waals surface area (Å²) in [6.07, 6.45) is 0. The standard InChI is InChI=1S/C16H19N3O2S/c1-9(2)11-4-5-14-13(6-11)15(18-17-10(3)20)16(21)19(14)12-7-22-8-12/h4-6,9,12,21H,7-8H2,1-3H3. The topological polar surface area (TPSA) is 66.9 Å². The highest BCUT2D eigenvalue weighted by molar-refractivity contribution is 8.00. The smallest absolute Gasteiger partial charge is 0.261 e. The Morgan fingerprint density at radius 2 is 2.14 bits per heavy atom. The lowest BCUT2D eigenvalue weighted by Crippen LogP contribution is -2.22. The summed E-state index contributed by atoms with van der Waals surface area (Å²) in [5.74, 6) is 2.07. The molecule has 6 heteroatoms. The van der Waals surface area contributed by atoms with Gasteiger partial charge < -0.3 is 9.67 Å². The molecule has 1 aromatic carbocycles. The fourth-order valence-corrected chi connectivity index (χ4v) is 3.37. The van der Waals surface area contributed by atoms with Crippen molar-refractivity contribution >= 4 is 34.3 Å². The van der Waals surface area contributed by atoms with Crippen LogP contribution in [-0.2, 0) is 4.79 Å². The molecule has 1 N–H and O–H groups in total. The van der Waals surface area contributed by atoms with Crippen LogP contribution in [0.15, 0.2) is 28.4 Å². The quantitative estimate of drug-likeness (QED) is 0.854. The zero-order valence-electron chi connectivity index (χ0n) is 12.9. The third-order valence-electron chi connectivity index (χ3n) is 3.92. The number of azo groups is 1. The van der Waals surface area contributed by atoms with Gasteiger partial charge in [0, 0.05) is 23.8 Å². The van der Waals surface area contributed by atoms with Gasteiger partial charge in [0.15, 0.2) is 5.69 Å². The largest absolute Gasteiger partial charge is 0.493 e. The van der Waals surface area contributed by atoms with Crippen LogP contribution < -0.4 is 0 Å². The highest BCUT2D eigenvalue weighted by atomic mass is 32.2. The van der Waals surface area contributed by atoms with Gasteiger partial charge >= 0.3 is 0 Å². The zero-order chi connectivity index (χ0) is 15.9. The van der Waals surface area contributed by atoms with Gasteiger partial charge in [0.25, 0.3) is 5.91 Å². The molecule has 2 heterocycles. The van der Waals surface area contributed by atoms with Gasteiger partial charge in [0.1, 0.15) is 0 Å². The Hall–Kier alpha value is -1.82. The number of carbonyl (C=O) groups excluding carboxylic acids is 1. The third kappa shape index (κ3) is 2.52. The van der Waals surface area contributed by atoms with Crippen molar-refractivity contribution in [1.29, 1.82) is 0 Å². The van der Waals surface area contributed by atoms with Gasteiger partial charge in [-0.1, -0.05) is 19.9 Å². The molecule has 2 aromatic rings. The molecule has 0 bridgehead atoms. The maximum Gasteiger partial charge on any atom is 0.261 e. The number of benzene rings is 1. The van der Waals surface area contributed by atoms with Crippen LogP contribution in [0.2, 0.25) is 0 Å². The molecule has 0 radical (unpaired) electrons. The normalized spacial score (nSPS) is 15.8. The van der Waals surface area contributed by atoms with Crippen molar-refractivity contribution in [3.63, 3.8) is 0 Å². The van der Waals surface area contributed by atoms with E-state index < -0.39 is 0 Å². The van der Waals surface area contributed by atoms with Crippen molar-refractivity contribution in [3.05, 3.63) is 23.8 Å². The second kappa shape index (κ2) is 5.76. The van der Waals surface area contributed by atoms with Crippen LogP contribution in [0.4, 0.5) is 5.69 Å². The van der Waals surface area contributed by atoms with E-state index in [1.54, 1.807) is 0 Å². The van der Waals surface area contributed by atoms with Crippen molar-refractivity contribution in [2.24, 2.45) is 10.2 Å². The second-order valence-electron chi connectivity index (χ2n) is 5.88. The predicted octanol–water partition coefficient (Wildman–Crippen LogP) is 4.39. The molecule has 0 atom stereocenters. The summed E-state index contributed by atoms with van der Waals surface area (Å²) in [5, 5.41) is 19.0. The van der Waals surface area contributed by atoms with E-state index >= 15 is 0 Å². The van der Waals surface area contributed by atoms with Crippen LogP contribution in [0.5, 0.6) is 5.88 Å². The molecular weight excluding hydrogens is 298 g/mol. The van der Waals surface area contributed by atoms with Gasteiger partial charge in [-0.2, -0.15) is 11.8 Å². The first kappa shape index (κ1) is 15.1. The van der Waals surface area contributed by atoms with Crippen LogP contribution in [-0.4, -0.2) is 27.1 Å². The number of fused-ring (bicyclic) bond motifs is 1. The minimum atomic E-state index is -0.375. The molecule has 116 valence electrons. The van der Waals surface area contributed by atoms with Crippen molar-refractivity contribution in [3.8, 4) is 5.88 Å². The molecule has 1 aliphatic rings. The van der Waals surface area contributed by atoms with Crippen LogP contribution >= 0.6 is 11.8 Å². The number of amides is 1. The maximum absolute atomic E-state index is 11.1. The molecule has 1 aliphatic heterocycles. The molecule has 3 rings (SSSR count). The van der Waals surface area contributed by atoms with E-state index in [9.17, 15) is 9.90 Å². The molecule has 0 spiro atoms. The van der Waals surface area contributed by atoms with Crippen LogP contribution in [0, 0.1) is 0 Å². The highest BCUT2D eigenvalue weighted by Crippen LogP contribution is 2.45. The van der Waals surface area contributed by atoms with Gasteiger partial charge in [0.05, 0.1) is 11.6 Å². The lowest BCUT2D eigenvalue weighted by atomic mass is 10.0. The van der Waals surface area contributed by atoms with Crippen molar-refractivity contribution < 1.29 is 9.90 Å². The van der Waals surface area contributed by atoms with E-state index in [0.29, 0.717) is 11.6 Å². The summed E-state index contributed by atoms with van der Waals surface area (Å²) < 4.78 is 1.92. The Morgan fingerprint density at radius 1 is 1.41 bits per heavy atom. The first-order chi connectivity index (χ1) is 10.5. The first-order valence-corrected chi connectivity index (χ1v) is 8.51. The summed E-state index contributed by atoms with van der Waals surface area (Å²) in [4.78, 5) is 11.1. The maximum atomic E-state index is 11.1. The molecule has 0 unspecified atom stereocenters. The molecule has 1 fully saturated rings. The predicted molar refractivity (Wildman–Crippen MR) is 89.3 cm³/mol. The number of hydrogen-bond acceptors (Lipinski definition) is 4. The number of hydrogen-bond donors (Lipinski definition) is 1. The van der Waals surface area contributed by atoms with E-state index in [1.807, 2.05) is 28.5 Å². The fraction of sp³-hybridized carbons (Fsp3) is 0.438. The Labute approximate surface area is 133 Å². The first-order valence-electron chi connectivity index (χ1n) is 7.36. The van der Waals surface area contributed by atoms with E-state index in [4.69, 9.17) is 0 Å². The third-order valence-corrected chi connectivity index (χ3v) is 5.16. The van der Waals surface area contributed by atoms with Gasteiger partial charge in [-0.25, -0.2) is 0 Å². The lowest BCUT2D eigenvalue weighted by molar-refractivity contribution is -0.116. The SMILES string of the molecule is CC(=O)N=Nc1c(O)n(C2CSC2)c2ccc(C(C)C)cc12. The second-order valence-corrected chi connectivity index (χ2v) is 6.96. The fourth-order valence-electron chi connectivity index (χ4n) is 2.62. The lowest BCUT2D eigenvalue weighted by Gasteiger charge is -2.27. The number of aromatic nitrogens is 1. The van der Waals surface area contributed by atoms with Crippen molar-refractivity contribution in [2.75, 3.05) is 11.5 Å². The molecule has 0 aliphatic carbocycles. The minimum Gasteiger partial charge on any atom is -0.493 e. The Kier molecular flexibility index (Phi) is 3.95. The molecule has 22 heavy (non-hydrogen) atoms. The Balaban J connectivity index is 2.23. The molecule has 1 amide bonds. The van der Waals surface area contributed by atoms with Gasteiger partial charge in [-0.3, -0.25) is 4.79 Å². The summed E-state index contributed by atoms with van der Waals surface area (Å²) >= 11 is 1.85. The number of thioether (sulfide) groups is 1. The summed E-state index contributed by atoms with van der Waals surface area (Å²) in [6.45, 7) is 5.59. The van der Waals surface area contributed by atoms with Crippen molar-refractivity contribution in [1.82, 2.24) is 4.57 Å². The van der Waals surface area contributed by atoms with Gasteiger partial charge in [-0.05, 0) is 23.6 Å². The number of rotatable bonds is 3. The zero-order valence-corrected chi connectivity index (χ0v) is 13.7. The van der Waals surface area contributed by atoms with Crippen LogP contribution in [0.1, 0.15) is 38.3 Å². The van der Waals surface area contributed by atoms with E-state index in [2.05, 4.69) is 30.1 Å². The average Bonchev–Trinajstić information content (AvgIpc) is 2.67. The summed E-state index contributed by atoms with van der Waals surface area (Å²) in [6, 6.07) is 6.43. The minimum absolute atomic E-state index is 0.103. The monoisotopic (exact) mass is 317 g/mol. The Morgan fingerprint density at radius 3 is 2.68 bits per heavy atom. The average molecular weight is 317 g/mol. The summed E-state index contributed by atoms with van der Waals surface area (Å²) in [5.41, 5.74) is 2.52. The Bertz CT molecular complexity index is 760. The van der Waals surface area contributed by atoms with Crippen LogP contribution in [0.25, 0.3) is 10.9 Å². The molecular formula is C16H19N3O2S. The molecule has 1 aromatic heterocycles. The van der Waals surface area contributed by atoms with E-state index in [-0.39, 0.29) is 17.8 Å². The van der Waals surface area contributed by atoms with Gasteiger partial charge in [0.2, 0.25) is 5.88 Å². The number of carbonyl (C=O) groups is 1. The van der Waals surface area contributed by atoms with Crippen LogP contribution in [0.3, 0.4) is 0 Å². The number of nitrogens with zero attached hydrogens (tertiary/aromatic N) is 3. The molecule has 0 saturated carbocycles. The molecule has 1 saturated heterocycles. The highest BCUT2D eigenvalue weighted by Gasteiger charge is 2.27.